The van der Waals surface area contributed by atoms with Crippen LogP contribution in [-0.2, 0) is 4.74 Å². The highest BCUT2D eigenvalue weighted by Gasteiger charge is 2.27. The summed E-state index contributed by atoms with van der Waals surface area (Å²) in [5.74, 6) is 0. The normalized spacial score (nSPS) is 13.9. The van der Waals surface area contributed by atoms with Gasteiger partial charge in [0.25, 0.3) is 0 Å². The molecule has 1 aromatic rings. The van der Waals surface area contributed by atoms with Crippen LogP contribution >= 0.6 is 11.8 Å². The monoisotopic (exact) mass is 224 g/mol. The maximum atomic E-state index is 5.66. The Balaban J connectivity index is 2.63. The standard InChI is InChI=1S/C13H20OS/c1-5-14-11(2)13(3,4)15-12-9-7-6-8-10-12/h6-11H,5H2,1-4H3. The van der Waals surface area contributed by atoms with E-state index in [0.29, 0.717) is 0 Å². The number of thioether (sulfide) groups is 1. The van der Waals surface area contributed by atoms with Crippen LogP contribution in [0.25, 0.3) is 0 Å². The third kappa shape index (κ3) is 3.88. The van der Waals surface area contributed by atoms with Crippen molar-refractivity contribution in [2.45, 2.75) is 43.4 Å². The molecule has 0 saturated carbocycles. The molecule has 0 heterocycles. The van der Waals surface area contributed by atoms with Gasteiger partial charge in [0.05, 0.1) is 6.10 Å². The van der Waals surface area contributed by atoms with Crippen molar-refractivity contribution in [3.05, 3.63) is 30.3 Å². The summed E-state index contributed by atoms with van der Waals surface area (Å²) in [6.07, 6.45) is 0.257. The quantitative estimate of drug-likeness (QED) is 0.700. The van der Waals surface area contributed by atoms with E-state index in [1.54, 1.807) is 0 Å². The second-order valence-corrected chi connectivity index (χ2v) is 5.84. The summed E-state index contributed by atoms with van der Waals surface area (Å²) >= 11 is 1.87. The molecule has 1 nitrogen and oxygen atoms in total. The second-order valence-electron chi connectivity index (χ2n) is 4.12. The molecule has 1 atom stereocenters. The van der Waals surface area contributed by atoms with Crippen LogP contribution in [0.1, 0.15) is 27.7 Å². The van der Waals surface area contributed by atoms with Gasteiger partial charge in [0.2, 0.25) is 0 Å². The Morgan fingerprint density at radius 1 is 1.27 bits per heavy atom. The SMILES string of the molecule is CCOC(C)C(C)(C)Sc1ccccc1. The number of benzene rings is 1. The predicted octanol–water partition coefficient (Wildman–Crippen LogP) is 3.98. The molecule has 0 fully saturated rings. The van der Waals surface area contributed by atoms with Gasteiger partial charge in [0.15, 0.2) is 0 Å². The third-order valence-corrected chi connectivity index (χ3v) is 3.89. The van der Waals surface area contributed by atoms with Gasteiger partial charge in [0.1, 0.15) is 0 Å². The highest BCUT2D eigenvalue weighted by atomic mass is 32.2. The summed E-state index contributed by atoms with van der Waals surface area (Å²) in [5.41, 5.74) is 0. The molecule has 0 aliphatic rings. The minimum Gasteiger partial charge on any atom is -0.377 e. The molecule has 0 radical (unpaired) electrons. The first-order valence-electron chi connectivity index (χ1n) is 5.42. The van der Waals surface area contributed by atoms with E-state index in [4.69, 9.17) is 4.74 Å². The van der Waals surface area contributed by atoms with Crippen molar-refractivity contribution in [3.63, 3.8) is 0 Å². The fraction of sp³-hybridized carbons (Fsp3) is 0.538. The highest BCUT2D eigenvalue weighted by molar-refractivity contribution is 8.00. The fourth-order valence-corrected chi connectivity index (χ4v) is 2.46. The van der Waals surface area contributed by atoms with Gasteiger partial charge in [-0.2, -0.15) is 0 Å². The van der Waals surface area contributed by atoms with Gasteiger partial charge >= 0.3 is 0 Å². The molecule has 0 amide bonds. The predicted molar refractivity (Wildman–Crippen MR) is 67.5 cm³/mol. The fourth-order valence-electron chi connectivity index (χ4n) is 1.33. The van der Waals surface area contributed by atoms with E-state index in [-0.39, 0.29) is 10.9 Å². The van der Waals surface area contributed by atoms with Crippen LogP contribution in [0.15, 0.2) is 35.2 Å². The summed E-state index contributed by atoms with van der Waals surface area (Å²) in [6, 6.07) is 10.5. The van der Waals surface area contributed by atoms with Crippen LogP contribution in [0, 0.1) is 0 Å². The Hall–Kier alpha value is -0.470. The smallest absolute Gasteiger partial charge is 0.0691 e. The minimum atomic E-state index is 0.108. The molecule has 0 spiro atoms. The van der Waals surface area contributed by atoms with Crippen molar-refractivity contribution >= 4 is 11.8 Å². The molecule has 0 aromatic heterocycles. The summed E-state index contributed by atoms with van der Waals surface area (Å²) in [5, 5.41) is 0. The molecular formula is C13H20OS. The third-order valence-electron chi connectivity index (χ3n) is 2.52. The van der Waals surface area contributed by atoms with E-state index in [2.05, 4.69) is 45.0 Å². The van der Waals surface area contributed by atoms with Gasteiger partial charge in [-0.05, 0) is 39.8 Å². The lowest BCUT2D eigenvalue weighted by molar-refractivity contribution is 0.0558. The molecule has 1 aromatic carbocycles. The van der Waals surface area contributed by atoms with Crippen molar-refractivity contribution in [3.8, 4) is 0 Å². The lowest BCUT2D eigenvalue weighted by atomic mass is 10.1. The van der Waals surface area contributed by atoms with Crippen molar-refractivity contribution < 1.29 is 4.74 Å². The summed E-state index contributed by atoms with van der Waals surface area (Å²) < 4.78 is 5.77. The van der Waals surface area contributed by atoms with Gasteiger partial charge in [-0.15, -0.1) is 11.8 Å². The van der Waals surface area contributed by atoms with Crippen molar-refractivity contribution in [1.82, 2.24) is 0 Å². The molecule has 0 bridgehead atoms. The average Bonchev–Trinajstić information content (AvgIpc) is 2.19. The minimum absolute atomic E-state index is 0.108. The summed E-state index contributed by atoms with van der Waals surface area (Å²) in [4.78, 5) is 1.30. The van der Waals surface area contributed by atoms with Crippen LogP contribution in [0.5, 0.6) is 0 Å². The summed E-state index contributed by atoms with van der Waals surface area (Å²) in [6.45, 7) is 9.41. The number of rotatable bonds is 5. The van der Waals surface area contributed by atoms with Crippen LogP contribution in [0.4, 0.5) is 0 Å². The van der Waals surface area contributed by atoms with Crippen molar-refractivity contribution in [2.24, 2.45) is 0 Å². The Labute approximate surface area is 97.2 Å². The molecule has 0 aliphatic carbocycles. The lowest BCUT2D eigenvalue weighted by Gasteiger charge is -2.30. The number of hydrogen-bond donors (Lipinski definition) is 0. The first kappa shape index (κ1) is 12.6. The van der Waals surface area contributed by atoms with E-state index in [9.17, 15) is 0 Å². The highest BCUT2D eigenvalue weighted by Crippen LogP contribution is 2.35. The summed E-state index contributed by atoms with van der Waals surface area (Å²) in [7, 11) is 0. The van der Waals surface area contributed by atoms with E-state index in [1.807, 2.05) is 24.8 Å². The molecule has 1 unspecified atom stereocenters. The zero-order chi connectivity index (χ0) is 11.3. The molecule has 0 aliphatic heterocycles. The molecule has 0 N–H and O–H groups in total. The second kappa shape index (κ2) is 5.57. The topological polar surface area (TPSA) is 9.23 Å². The van der Waals surface area contributed by atoms with Gasteiger partial charge in [-0.1, -0.05) is 18.2 Å². The van der Waals surface area contributed by atoms with E-state index in [1.165, 1.54) is 4.90 Å². The average molecular weight is 224 g/mol. The van der Waals surface area contributed by atoms with E-state index >= 15 is 0 Å². The van der Waals surface area contributed by atoms with Crippen LogP contribution < -0.4 is 0 Å². The lowest BCUT2D eigenvalue weighted by Crippen LogP contribution is -2.32. The Morgan fingerprint density at radius 3 is 2.40 bits per heavy atom. The zero-order valence-electron chi connectivity index (χ0n) is 9.99. The van der Waals surface area contributed by atoms with Crippen LogP contribution in [0.2, 0.25) is 0 Å². The van der Waals surface area contributed by atoms with Crippen molar-refractivity contribution in [1.29, 1.82) is 0 Å². The van der Waals surface area contributed by atoms with Crippen LogP contribution in [0.3, 0.4) is 0 Å². The molecule has 2 heteroatoms. The maximum Gasteiger partial charge on any atom is 0.0691 e. The van der Waals surface area contributed by atoms with Gasteiger partial charge in [-0.3, -0.25) is 0 Å². The van der Waals surface area contributed by atoms with Gasteiger partial charge in [-0.25, -0.2) is 0 Å². The van der Waals surface area contributed by atoms with E-state index in [0.717, 1.165) is 6.61 Å². The van der Waals surface area contributed by atoms with Crippen molar-refractivity contribution in [2.75, 3.05) is 6.61 Å². The van der Waals surface area contributed by atoms with Crippen LogP contribution in [-0.4, -0.2) is 17.5 Å². The first-order chi connectivity index (χ1) is 7.06. The Morgan fingerprint density at radius 2 is 1.87 bits per heavy atom. The molecule has 15 heavy (non-hydrogen) atoms. The molecular weight excluding hydrogens is 204 g/mol. The van der Waals surface area contributed by atoms with Gasteiger partial charge < -0.3 is 4.74 Å². The first-order valence-corrected chi connectivity index (χ1v) is 6.23. The largest absolute Gasteiger partial charge is 0.377 e. The molecule has 1 rings (SSSR count). The Bertz CT molecular complexity index is 282. The Kier molecular flexibility index (Phi) is 4.68. The molecule has 0 saturated heterocycles. The number of hydrogen-bond acceptors (Lipinski definition) is 2. The number of ether oxygens (including phenoxy) is 1. The molecule has 84 valence electrons. The zero-order valence-corrected chi connectivity index (χ0v) is 10.8. The maximum absolute atomic E-state index is 5.66. The van der Waals surface area contributed by atoms with E-state index < -0.39 is 0 Å². The van der Waals surface area contributed by atoms with Gasteiger partial charge in [0, 0.05) is 16.2 Å².